The van der Waals surface area contributed by atoms with Crippen molar-refractivity contribution in [3.8, 4) is 17.5 Å². The molecule has 7 rings (SSSR count). The number of carbonyl (C=O) groups excluding carboxylic acids is 1. The fourth-order valence-electron chi connectivity index (χ4n) is 5.82. The largest absolute Gasteiger partial charge is 0.366 e. The van der Waals surface area contributed by atoms with Gasteiger partial charge in [0, 0.05) is 48.9 Å². The number of aliphatic imine (C=N–C) groups is 1. The van der Waals surface area contributed by atoms with Crippen molar-refractivity contribution in [3.63, 3.8) is 0 Å². The first kappa shape index (κ1) is 24.8. The average molecular weight is 542 g/mol. The zero-order chi connectivity index (χ0) is 27.9. The summed E-state index contributed by atoms with van der Waals surface area (Å²) in [6.45, 7) is 1.83. The zero-order valence-corrected chi connectivity index (χ0v) is 22.3. The van der Waals surface area contributed by atoms with Gasteiger partial charge in [-0.1, -0.05) is 42.2 Å². The van der Waals surface area contributed by atoms with Gasteiger partial charge in [0.05, 0.1) is 35.0 Å². The van der Waals surface area contributed by atoms with Gasteiger partial charge in [-0.05, 0) is 48.6 Å². The number of amides is 1. The van der Waals surface area contributed by atoms with E-state index in [2.05, 4.69) is 28.0 Å². The third-order valence-electron chi connectivity index (χ3n) is 7.77. The van der Waals surface area contributed by atoms with Crippen molar-refractivity contribution < 1.29 is 4.79 Å². The maximum absolute atomic E-state index is 14.2. The molecule has 0 unspecified atom stereocenters. The average Bonchev–Trinajstić information content (AvgIpc) is 3.71. The Hall–Kier alpha value is -5.20. The van der Waals surface area contributed by atoms with E-state index in [9.17, 15) is 9.59 Å². The smallest absolute Gasteiger partial charge is 0.264 e. The van der Waals surface area contributed by atoms with Crippen molar-refractivity contribution in [1.82, 2.24) is 24.4 Å². The maximum atomic E-state index is 14.2. The summed E-state index contributed by atoms with van der Waals surface area (Å²) in [5.41, 5.74) is 10.4. The van der Waals surface area contributed by atoms with Crippen molar-refractivity contribution in [2.75, 3.05) is 13.1 Å². The molecule has 0 saturated carbocycles. The summed E-state index contributed by atoms with van der Waals surface area (Å²) < 4.78 is 3.79. The van der Waals surface area contributed by atoms with Gasteiger partial charge in [-0.2, -0.15) is 5.10 Å². The minimum absolute atomic E-state index is 0.116. The zero-order valence-electron chi connectivity index (χ0n) is 22.3. The molecule has 202 valence electrons. The second kappa shape index (κ2) is 10.1. The van der Waals surface area contributed by atoms with Gasteiger partial charge >= 0.3 is 0 Å². The third kappa shape index (κ3) is 4.35. The Kier molecular flexibility index (Phi) is 6.10. The highest BCUT2D eigenvalue weighted by Crippen LogP contribution is 2.27. The number of hydrogen-bond donors (Lipinski definition) is 1. The summed E-state index contributed by atoms with van der Waals surface area (Å²) in [5.74, 6) is 6.63. The number of hydrazine groups is 1. The Morgan fingerprint density at radius 1 is 1.05 bits per heavy atom. The lowest BCUT2D eigenvalue weighted by molar-refractivity contribution is -0.114. The normalized spacial score (nSPS) is 15.8. The van der Waals surface area contributed by atoms with E-state index in [0.29, 0.717) is 41.9 Å². The number of nitrogens with zero attached hydrogens (tertiary/aromatic N) is 6. The van der Waals surface area contributed by atoms with Crippen molar-refractivity contribution in [3.05, 3.63) is 117 Å². The molecule has 0 spiro atoms. The first-order valence-corrected chi connectivity index (χ1v) is 13.7. The number of benzene rings is 2. The van der Waals surface area contributed by atoms with Crippen molar-refractivity contribution in [1.29, 1.82) is 0 Å². The van der Waals surface area contributed by atoms with E-state index in [1.54, 1.807) is 10.8 Å². The van der Waals surface area contributed by atoms with E-state index in [1.807, 2.05) is 81.7 Å². The quantitative estimate of drug-likeness (QED) is 0.392. The maximum Gasteiger partial charge on any atom is 0.264 e. The van der Waals surface area contributed by atoms with Gasteiger partial charge in [0.25, 0.3) is 5.56 Å². The fraction of sp³-hybridized carbons (Fsp3) is 0.188. The molecule has 3 aliphatic rings. The van der Waals surface area contributed by atoms with E-state index in [1.165, 1.54) is 0 Å². The lowest BCUT2D eigenvalue weighted by atomic mass is 10.0. The van der Waals surface area contributed by atoms with Crippen LogP contribution < -0.4 is 11.3 Å². The SMILES string of the molecule is NC(=O)C1=C2N=CC=CN2N(CCc2cc3cccc(C#Cc4cnn5c4CCC5)c3c(=O)n2-c2ccccc2)C1. The molecule has 0 saturated heterocycles. The van der Waals surface area contributed by atoms with Crippen LogP contribution in [0.1, 0.15) is 28.9 Å². The summed E-state index contributed by atoms with van der Waals surface area (Å²) in [5, 5.41) is 9.74. The van der Waals surface area contributed by atoms with Crippen LogP contribution in [0.4, 0.5) is 0 Å². The number of hydrogen-bond acceptors (Lipinski definition) is 6. The van der Waals surface area contributed by atoms with Crippen LogP contribution in [0.2, 0.25) is 0 Å². The van der Waals surface area contributed by atoms with Gasteiger partial charge in [0.15, 0.2) is 5.82 Å². The Morgan fingerprint density at radius 2 is 1.90 bits per heavy atom. The van der Waals surface area contributed by atoms with Crippen LogP contribution in [0.25, 0.3) is 16.5 Å². The van der Waals surface area contributed by atoms with E-state index in [4.69, 9.17) is 5.73 Å². The molecule has 1 amide bonds. The van der Waals surface area contributed by atoms with E-state index in [-0.39, 0.29) is 5.56 Å². The number of primary amides is 1. The number of carbonyl (C=O) groups is 1. The number of rotatable bonds is 5. The molecule has 0 radical (unpaired) electrons. The summed E-state index contributed by atoms with van der Waals surface area (Å²) in [4.78, 5) is 30.7. The molecule has 9 heteroatoms. The number of para-hydroxylation sites is 1. The van der Waals surface area contributed by atoms with Crippen molar-refractivity contribution in [2.24, 2.45) is 10.7 Å². The molecule has 9 nitrogen and oxygen atoms in total. The Bertz CT molecular complexity index is 1920. The first-order valence-electron chi connectivity index (χ1n) is 13.7. The predicted octanol–water partition coefficient (Wildman–Crippen LogP) is 2.90. The second-order valence-corrected chi connectivity index (χ2v) is 10.2. The highest BCUT2D eigenvalue weighted by molar-refractivity contribution is 5.94. The van der Waals surface area contributed by atoms with Gasteiger partial charge in [0.2, 0.25) is 5.91 Å². The monoisotopic (exact) mass is 541 g/mol. The molecule has 5 heterocycles. The molecule has 2 N–H and O–H groups in total. The van der Waals surface area contributed by atoms with Crippen LogP contribution in [-0.2, 0) is 24.2 Å². The van der Waals surface area contributed by atoms with Crippen LogP contribution >= 0.6 is 0 Å². The topological polar surface area (TPSA) is 102 Å². The lowest BCUT2D eigenvalue weighted by Crippen LogP contribution is -2.36. The number of nitrogens with two attached hydrogens (primary N) is 1. The molecule has 41 heavy (non-hydrogen) atoms. The molecule has 3 aliphatic heterocycles. The van der Waals surface area contributed by atoms with Crippen LogP contribution in [0.5, 0.6) is 0 Å². The molecule has 4 aromatic rings. The number of allylic oxidation sites excluding steroid dienone is 1. The van der Waals surface area contributed by atoms with Gasteiger partial charge in [-0.25, -0.2) is 10.0 Å². The highest BCUT2D eigenvalue weighted by atomic mass is 16.1. The molecular formula is C32H27N7O2. The van der Waals surface area contributed by atoms with Crippen molar-refractivity contribution >= 4 is 22.9 Å². The van der Waals surface area contributed by atoms with Crippen LogP contribution in [0.15, 0.2) is 94.3 Å². The third-order valence-corrected chi connectivity index (χ3v) is 7.77. The number of aromatic nitrogens is 3. The molecule has 0 bridgehead atoms. The molecular weight excluding hydrogens is 514 g/mol. The summed E-state index contributed by atoms with van der Waals surface area (Å²) in [7, 11) is 0. The minimum Gasteiger partial charge on any atom is -0.366 e. The van der Waals surface area contributed by atoms with Gasteiger partial charge < -0.3 is 5.73 Å². The van der Waals surface area contributed by atoms with Crippen LogP contribution in [-0.4, -0.2) is 49.6 Å². The van der Waals surface area contributed by atoms with E-state index >= 15 is 0 Å². The lowest BCUT2D eigenvalue weighted by Gasteiger charge is -2.29. The summed E-state index contributed by atoms with van der Waals surface area (Å²) in [6.07, 6.45) is 9.75. The Balaban J connectivity index is 1.28. The van der Waals surface area contributed by atoms with Crippen LogP contribution in [0.3, 0.4) is 0 Å². The van der Waals surface area contributed by atoms with Gasteiger partial charge in [0.1, 0.15) is 0 Å². The highest BCUT2D eigenvalue weighted by Gasteiger charge is 2.32. The number of pyridine rings is 1. The van der Waals surface area contributed by atoms with Gasteiger partial charge in [-0.15, -0.1) is 0 Å². The van der Waals surface area contributed by atoms with E-state index in [0.717, 1.165) is 47.4 Å². The van der Waals surface area contributed by atoms with Gasteiger partial charge in [-0.3, -0.25) is 23.8 Å². The van der Waals surface area contributed by atoms with Crippen molar-refractivity contribution in [2.45, 2.75) is 25.8 Å². The first-order chi connectivity index (χ1) is 20.1. The summed E-state index contributed by atoms with van der Waals surface area (Å²) in [6, 6.07) is 17.5. The molecule has 2 aromatic heterocycles. The Morgan fingerprint density at radius 3 is 2.76 bits per heavy atom. The molecule has 0 atom stereocenters. The Labute approximate surface area is 236 Å². The fourth-order valence-corrected chi connectivity index (χ4v) is 5.82. The minimum atomic E-state index is -0.485. The molecule has 2 aromatic carbocycles. The van der Waals surface area contributed by atoms with E-state index < -0.39 is 5.91 Å². The number of aryl methyl sites for hydroxylation is 1. The second-order valence-electron chi connectivity index (χ2n) is 10.2. The molecule has 0 aliphatic carbocycles. The standard InChI is InChI=1S/C32H27N7O2/c33-30(40)27-21-36(38-17-6-15-34-31(27)38)18-14-26-19-23-8-4-7-22(12-13-24-20-35-37-16-5-11-28(24)37)29(23)32(41)39(26)25-9-2-1-3-10-25/h1-4,6-10,15,17,19-20H,5,11,14,16,18,21H2,(H2,33,40). The summed E-state index contributed by atoms with van der Waals surface area (Å²) >= 11 is 0. The molecule has 0 fully saturated rings. The predicted molar refractivity (Wildman–Crippen MR) is 157 cm³/mol. The van der Waals surface area contributed by atoms with Crippen LogP contribution in [0, 0.1) is 11.8 Å². The number of fused-ring (bicyclic) bond motifs is 3.